The lowest BCUT2D eigenvalue weighted by Crippen LogP contribution is -2.36. The van der Waals surface area contributed by atoms with Gasteiger partial charge in [-0.2, -0.15) is 0 Å². The zero-order valence-electron chi connectivity index (χ0n) is 7.45. The molecule has 0 aromatic heterocycles. The monoisotopic (exact) mass is 174 g/mol. The SMILES string of the molecule is CNCC[C@@H](O)[C@@H]1C[C@@H](O)CN1. The molecule has 0 spiro atoms. The van der Waals surface area contributed by atoms with Crippen molar-refractivity contribution in [3.63, 3.8) is 0 Å². The summed E-state index contributed by atoms with van der Waals surface area (Å²) in [5.74, 6) is 0. The summed E-state index contributed by atoms with van der Waals surface area (Å²) in [4.78, 5) is 0. The van der Waals surface area contributed by atoms with Crippen LogP contribution in [0.4, 0.5) is 0 Å². The van der Waals surface area contributed by atoms with Crippen molar-refractivity contribution in [3.05, 3.63) is 0 Å². The van der Waals surface area contributed by atoms with E-state index in [-0.39, 0.29) is 18.2 Å². The van der Waals surface area contributed by atoms with Gasteiger partial charge in [-0.1, -0.05) is 0 Å². The maximum atomic E-state index is 9.58. The first-order chi connectivity index (χ1) is 5.74. The summed E-state index contributed by atoms with van der Waals surface area (Å²) in [5, 5.41) is 24.8. The minimum absolute atomic E-state index is 0.0772. The van der Waals surface area contributed by atoms with Gasteiger partial charge in [0, 0.05) is 12.6 Å². The molecule has 1 rings (SSSR count). The Labute approximate surface area is 73.0 Å². The van der Waals surface area contributed by atoms with Gasteiger partial charge >= 0.3 is 0 Å². The number of aliphatic hydroxyl groups is 2. The predicted octanol–water partition coefficient (Wildman–Crippen LogP) is -1.32. The zero-order valence-corrected chi connectivity index (χ0v) is 7.45. The Balaban J connectivity index is 2.18. The number of hydrogen-bond donors (Lipinski definition) is 4. The summed E-state index contributed by atoms with van der Waals surface area (Å²) in [6.45, 7) is 1.43. The van der Waals surface area contributed by atoms with Crippen LogP contribution in [-0.4, -0.2) is 48.6 Å². The summed E-state index contributed by atoms with van der Waals surface area (Å²) in [7, 11) is 1.86. The van der Waals surface area contributed by atoms with Crippen LogP contribution in [0.3, 0.4) is 0 Å². The minimum Gasteiger partial charge on any atom is -0.392 e. The lowest BCUT2D eigenvalue weighted by molar-refractivity contribution is 0.117. The molecule has 1 fully saturated rings. The third-order valence-corrected chi connectivity index (χ3v) is 2.30. The van der Waals surface area contributed by atoms with Crippen LogP contribution < -0.4 is 10.6 Å². The van der Waals surface area contributed by atoms with E-state index in [1.807, 2.05) is 7.05 Å². The lowest BCUT2D eigenvalue weighted by atomic mass is 10.1. The molecule has 3 atom stereocenters. The highest BCUT2D eigenvalue weighted by Gasteiger charge is 2.27. The van der Waals surface area contributed by atoms with E-state index in [0.717, 1.165) is 13.0 Å². The molecule has 1 aliphatic heterocycles. The number of rotatable bonds is 4. The van der Waals surface area contributed by atoms with Gasteiger partial charge < -0.3 is 20.8 Å². The standard InChI is InChI=1S/C8H18N2O2/c1-9-3-2-8(12)7-4-6(11)5-10-7/h6-12H,2-5H2,1H3/t6-,7+,8-/m1/s1. The summed E-state index contributed by atoms with van der Waals surface area (Å²) in [6.07, 6.45) is 0.792. The molecule has 0 amide bonds. The van der Waals surface area contributed by atoms with Gasteiger partial charge in [-0.15, -0.1) is 0 Å². The van der Waals surface area contributed by atoms with Gasteiger partial charge in [0.1, 0.15) is 0 Å². The average Bonchev–Trinajstić information content (AvgIpc) is 2.47. The molecular weight excluding hydrogens is 156 g/mol. The Hall–Kier alpha value is -0.160. The fraction of sp³-hybridized carbons (Fsp3) is 1.00. The highest BCUT2D eigenvalue weighted by atomic mass is 16.3. The molecule has 0 aliphatic carbocycles. The van der Waals surface area contributed by atoms with Gasteiger partial charge in [-0.3, -0.25) is 0 Å². The highest BCUT2D eigenvalue weighted by molar-refractivity contribution is 4.86. The summed E-state index contributed by atoms with van der Waals surface area (Å²) >= 11 is 0. The number of nitrogens with one attached hydrogen (secondary N) is 2. The van der Waals surface area contributed by atoms with Crippen molar-refractivity contribution >= 4 is 0 Å². The van der Waals surface area contributed by atoms with Crippen LogP contribution in [0.15, 0.2) is 0 Å². The van der Waals surface area contributed by atoms with E-state index in [0.29, 0.717) is 13.0 Å². The number of hydrogen-bond acceptors (Lipinski definition) is 4. The molecule has 0 aromatic carbocycles. The Morgan fingerprint density at radius 2 is 2.42 bits per heavy atom. The van der Waals surface area contributed by atoms with Crippen molar-refractivity contribution in [2.45, 2.75) is 31.1 Å². The first kappa shape index (κ1) is 9.92. The third kappa shape index (κ3) is 2.71. The molecular formula is C8H18N2O2. The second-order valence-corrected chi connectivity index (χ2v) is 3.36. The molecule has 1 heterocycles. The smallest absolute Gasteiger partial charge is 0.0706 e. The van der Waals surface area contributed by atoms with Gasteiger partial charge in [0.2, 0.25) is 0 Å². The van der Waals surface area contributed by atoms with Crippen molar-refractivity contribution in [2.24, 2.45) is 0 Å². The average molecular weight is 174 g/mol. The summed E-state index contributed by atoms with van der Waals surface area (Å²) < 4.78 is 0. The van der Waals surface area contributed by atoms with Gasteiger partial charge in [0.05, 0.1) is 12.2 Å². The molecule has 4 heteroatoms. The molecule has 1 saturated heterocycles. The molecule has 0 radical (unpaired) electrons. The fourth-order valence-electron chi connectivity index (χ4n) is 1.53. The first-order valence-electron chi connectivity index (χ1n) is 4.48. The second-order valence-electron chi connectivity index (χ2n) is 3.36. The van der Waals surface area contributed by atoms with Gasteiger partial charge in [0.15, 0.2) is 0 Å². The van der Waals surface area contributed by atoms with Crippen LogP contribution in [0.1, 0.15) is 12.8 Å². The largest absolute Gasteiger partial charge is 0.392 e. The summed E-state index contributed by atoms with van der Waals surface area (Å²) in [6, 6.07) is 0.0772. The van der Waals surface area contributed by atoms with E-state index in [9.17, 15) is 10.2 Å². The quantitative estimate of drug-likeness (QED) is 0.427. The Morgan fingerprint density at radius 3 is 2.92 bits per heavy atom. The minimum atomic E-state index is -0.338. The molecule has 4 N–H and O–H groups in total. The van der Waals surface area contributed by atoms with Crippen LogP contribution in [0.25, 0.3) is 0 Å². The molecule has 0 saturated carbocycles. The van der Waals surface area contributed by atoms with Crippen molar-refractivity contribution < 1.29 is 10.2 Å². The van der Waals surface area contributed by atoms with Crippen molar-refractivity contribution in [1.29, 1.82) is 0 Å². The molecule has 0 aromatic rings. The third-order valence-electron chi connectivity index (χ3n) is 2.30. The van der Waals surface area contributed by atoms with Gasteiger partial charge in [-0.05, 0) is 26.4 Å². The maximum Gasteiger partial charge on any atom is 0.0706 e. The maximum absolute atomic E-state index is 9.58. The van der Waals surface area contributed by atoms with E-state index in [1.165, 1.54) is 0 Å². The topological polar surface area (TPSA) is 64.5 Å². The van der Waals surface area contributed by atoms with E-state index in [4.69, 9.17) is 0 Å². The number of β-amino-alcohol motifs (C(OH)–C–C–N with tert-alkyl or cyclic N) is 1. The highest BCUT2D eigenvalue weighted by Crippen LogP contribution is 2.11. The number of aliphatic hydroxyl groups excluding tert-OH is 2. The van der Waals surface area contributed by atoms with E-state index >= 15 is 0 Å². The first-order valence-corrected chi connectivity index (χ1v) is 4.48. The summed E-state index contributed by atoms with van der Waals surface area (Å²) in [5.41, 5.74) is 0. The molecule has 0 unspecified atom stereocenters. The molecule has 4 nitrogen and oxygen atoms in total. The fourth-order valence-corrected chi connectivity index (χ4v) is 1.53. The van der Waals surface area contributed by atoms with Crippen LogP contribution in [0.2, 0.25) is 0 Å². The van der Waals surface area contributed by atoms with Crippen LogP contribution in [0.5, 0.6) is 0 Å². The second kappa shape index (κ2) is 4.77. The molecule has 12 heavy (non-hydrogen) atoms. The van der Waals surface area contributed by atoms with E-state index < -0.39 is 0 Å². The van der Waals surface area contributed by atoms with Crippen LogP contribution >= 0.6 is 0 Å². The van der Waals surface area contributed by atoms with E-state index in [1.54, 1.807) is 0 Å². The van der Waals surface area contributed by atoms with Crippen molar-refractivity contribution in [2.75, 3.05) is 20.1 Å². The molecule has 1 aliphatic rings. The van der Waals surface area contributed by atoms with Crippen LogP contribution in [0, 0.1) is 0 Å². The normalized spacial score (nSPS) is 32.2. The lowest BCUT2D eigenvalue weighted by Gasteiger charge is -2.17. The van der Waals surface area contributed by atoms with E-state index in [2.05, 4.69) is 10.6 Å². The van der Waals surface area contributed by atoms with Crippen molar-refractivity contribution in [1.82, 2.24) is 10.6 Å². The molecule has 72 valence electrons. The zero-order chi connectivity index (χ0) is 8.97. The Morgan fingerprint density at radius 1 is 1.67 bits per heavy atom. The Kier molecular flexibility index (Phi) is 3.94. The molecule has 0 bridgehead atoms. The van der Waals surface area contributed by atoms with Gasteiger partial charge in [-0.25, -0.2) is 0 Å². The van der Waals surface area contributed by atoms with Crippen LogP contribution in [-0.2, 0) is 0 Å². The van der Waals surface area contributed by atoms with Gasteiger partial charge in [0.25, 0.3) is 0 Å². The Bertz CT molecular complexity index is 132. The predicted molar refractivity (Wildman–Crippen MR) is 47.0 cm³/mol. The van der Waals surface area contributed by atoms with Crippen molar-refractivity contribution in [3.8, 4) is 0 Å².